The molecule has 0 saturated heterocycles. The van der Waals surface area contributed by atoms with Gasteiger partial charge >= 0.3 is 11.9 Å². The Morgan fingerprint density at radius 2 is 1.75 bits per heavy atom. The van der Waals surface area contributed by atoms with Gasteiger partial charge in [0.15, 0.2) is 0 Å². The molecule has 1 aromatic heterocycles. The molecule has 6 nitrogen and oxygen atoms in total. The number of carbonyl (C=O) groups excluding carboxylic acids is 3. The molecular weight excluding hydrogens is 330 g/mol. The van der Waals surface area contributed by atoms with Gasteiger partial charge in [-0.3, -0.25) is 4.79 Å². The molecule has 1 fully saturated rings. The first-order chi connectivity index (χ1) is 11.5. The molecule has 1 aromatic rings. The quantitative estimate of drug-likeness (QED) is 0.791. The topological polar surface area (TPSA) is 81.7 Å². The molecule has 0 spiro atoms. The van der Waals surface area contributed by atoms with Crippen molar-refractivity contribution in [2.75, 3.05) is 19.5 Å². The van der Waals surface area contributed by atoms with E-state index in [4.69, 9.17) is 9.47 Å². The van der Waals surface area contributed by atoms with Crippen molar-refractivity contribution in [2.45, 2.75) is 45.4 Å². The van der Waals surface area contributed by atoms with Crippen molar-refractivity contribution in [2.24, 2.45) is 5.92 Å². The van der Waals surface area contributed by atoms with Crippen molar-refractivity contribution in [3.63, 3.8) is 0 Å². The molecule has 0 atom stereocenters. The molecule has 2 rings (SSSR count). The van der Waals surface area contributed by atoms with E-state index in [1.165, 1.54) is 39.9 Å². The fourth-order valence-corrected chi connectivity index (χ4v) is 4.19. The second kappa shape index (κ2) is 8.28. The lowest BCUT2D eigenvalue weighted by Crippen LogP contribution is -2.14. The number of hydrogen-bond donors (Lipinski definition) is 1. The minimum absolute atomic E-state index is 0.148. The van der Waals surface area contributed by atoms with Crippen LogP contribution in [-0.2, 0) is 14.3 Å². The number of esters is 2. The van der Waals surface area contributed by atoms with Gasteiger partial charge in [-0.2, -0.15) is 0 Å². The maximum Gasteiger partial charge on any atom is 0.348 e. The lowest BCUT2D eigenvalue weighted by Gasteiger charge is -2.09. The molecule has 1 saturated carbocycles. The summed E-state index contributed by atoms with van der Waals surface area (Å²) in [6.07, 6.45) is 6.12. The Bertz CT molecular complexity index is 631. The number of carbonyl (C=O) groups is 3. The number of methoxy groups -OCH3 is 2. The van der Waals surface area contributed by atoms with E-state index in [1.54, 1.807) is 6.92 Å². The highest BCUT2D eigenvalue weighted by Crippen LogP contribution is 2.34. The zero-order chi connectivity index (χ0) is 17.7. The average Bonchev–Trinajstić information content (AvgIpc) is 3.20. The summed E-state index contributed by atoms with van der Waals surface area (Å²) in [7, 11) is 2.54. The zero-order valence-electron chi connectivity index (χ0n) is 14.3. The van der Waals surface area contributed by atoms with Crippen LogP contribution in [0.2, 0.25) is 0 Å². The van der Waals surface area contributed by atoms with Gasteiger partial charge in [-0.1, -0.05) is 25.7 Å². The van der Waals surface area contributed by atoms with Gasteiger partial charge in [-0.15, -0.1) is 11.3 Å². The van der Waals surface area contributed by atoms with Crippen molar-refractivity contribution in [1.82, 2.24) is 0 Å². The number of hydrogen-bond acceptors (Lipinski definition) is 6. The van der Waals surface area contributed by atoms with Crippen LogP contribution in [-0.4, -0.2) is 32.1 Å². The van der Waals surface area contributed by atoms with Crippen molar-refractivity contribution >= 4 is 34.2 Å². The summed E-state index contributed by atoms with van der Waals surface area (Å²) >= 11 is 1.04. The van der Waals surface area contributed by atoms with E-state index >= 15 is 0 Å². The molecule has 1 N–H and O–H groups in total. The summed E-state index contributed by atoms with van der Waals surface area (Å²) in [5.74, 6) is -0.643. The summed E-state index contributed by atoms with van der Waals surface area (Å²) in [4.78, 5) is 36.3. The third-order valence-corrected chi connectivity index (χ3v) is 5.60. The van der Waals surface area contributed by atoms with E-state index in [9.17, 15) is 14.4 Å². The molecule has 7 heteroatoms. The molecule has 0 radical (unpaired) electrons. The highest BCUT2D eigenvalue weighted by Gasteiger charge is 2.27. The van der Waals surface area contributed by atoms with Crippen LogP contribution >= 0.6 is 11.3 Å². The Balaban J connectivity index is 2.13. The van der Waals surface area contributed by atoms with Crippen molar-refractivity contribution in [3.05, 3.63) is 16.0 Å². The van der Waals surface area contributed by atoms with Crippen LogP contribution in [0.3, 0.4) is 0 Å². The Kier molecular flexibility index (Phi) is 6.36. The molecule has 1 amide bonds. The first-order valence-electron chi connectivity index (χ1n) is 8.07. The molecule has 1 heterocycles. The third kappa shape index (κ3) is 4.14. The monoisotopic (exact) mass is 353 g/mol. The number of rotatable bonds is 6. The van der Waals surface area contributed by atoms with Gasteiger partial charge in [-0.05, 0) is 24.8 Å². The Morgan fingerprint density at radius 1 is 1.12 bits per heavy atom. The van der Waals surface area contributed by atoms with Crippen LogP contribution in [0.15, 0.2) is 0 Å². The summed E-state index contributed by atoms with van der Waals surface area (Å²) in [5.41, 5.74) is 0.682. The molecule has 0 unspecified atom stereocenters. The van der Waals surface area contributed by atoms with Crippen LogP contribution in [0.25, 0.3) is 0 Å². The molecule has 1 aliphatic carbocycles. The number of nitrogens with one attached hydrogen (secondary N) is 1. The largest absolute Gasteiger partial charge is 0.465 e. The highest BCUT2D eigenvalue weighted by atomic mass is 32.1. The van der Waals surface area contributed by atoms with Gasteiger partial charge in [0, 0.05) is 6.42 Å². The van der Waals surface area contributed by atoms with Gasteiger partial charge in [0.05, 0.1) is 19.8 Å². The lowest BCUT2D eigenvalue weighted by molar-refractivity contribution is -0.116. The number of ether oxygens (including phenoxy) is 2. The van der Waals surface area contributed by atoms with Crippen LogP contribution in [0.4, 0.5) is 5.00 Å². The predicted octanol–water partition coefficient (Wildman–Crippen LogP) is 3.54. The van der Waals surface area contributed by atoms with Gasteiger partial charge in [0.1, 0.15) is 9.88 Å². The van der Waals surface area contributed by atoms with Gasteiger partial charge in [0.25, 0.3) is 0 Å². The maximum absolute atomic E-state index is 12.2. The van der Waals surface area contributed by atoms with Crippen LogP contribution < -0.4 is 5.32 Å². The first-order valence-corrected chi connectivity index (χ1v) is 8.89. The van der Waals surface area contributed by atoms with Crippen molar-refractivity contribution in [1.29, 1.82) is 0 Å². The summed E-state index contributed by atoms with van der Waals surface area (Å²) in [5, 5.41) is 3.10. The molecule has 0 bridgehead atoms. The van der Waals surface area contributed by atoms with E-state index < -0.39 is 11.9 Å². The minimum Gasteiger partial charge on any atom is -0.465 e. The standard InChI is InChI=1S/C17H23NO5S/c1-10-13(16(20)22-2)15(24-14(10)17(21)23-3)18-12(19)9-8-11-6-4-5-7-11/h11H,4-9H2,1-3H3,(H,18,19). The average molecular weight is 353 g/mol. The summed E-state index contributed by atoms with van der Waals surface area (Å²) in [6.45, 7) is 1.64. The number of thiophene rings is 1. The van der Waals surface area contributed by atoms with E-state index in [0.717, 1.165) is 17.8 Å². The molecule has 0 aliphatic heterocycles. The number of anilines is 1. The van der Waals surface area contributed by atoms with E-state index in [2.05, 4.69) is 5.32 Å². The Labute approximate surface area is 145 Å². The lowest BCUT2D eigenvalue weighted by atomic mass is 10.0. The fraction of sp³-hybridized carbons (Fsp3) is 0.588. The predicted molar refractivity (Wildman–Crippen MR) is 91.6 cm³/mol. The van der Waals surface area contributed by atoms with E-state index in [0.29, 0.717) is 27.8 Å². The van der Waals surface area contributed by atoms with Crippen LogP contribution in [0.5, 0.6) is 0 Å². The maximum atomic E-state index is 12.2. The Hall–Kier alpha value is -1.89. The smallest absolute Gasteiger partial charge is 0.348 e. The highest BCUT2D eigenvalue weighted by molar-refractivity contribution is 7.18. The second-order valence-electron chi connectivity index (χ2n) is 5.98. The molecule has 24 heavy (non-hydrogen) atoms. The van der Waals surface area contributed by atoms with Gasteiger partial charge < -0.3 is 14.8 Å². The second-order valence-corrected chi connectivity index (χ2v) is 7.00. The van der Waals surface area contributed by atoms with Gasteiger partial charge in [-0.25, -0.2) is 9.59 Å². The summed E-state index contributed by atoms with van der Waals surface area (Å²) in [6, 6.07) is 0. The first kappa shape index (κ1) is 18.4. The van der Waals surface area contributed by atoms with Crippen molar-refractivity contribution < 1.29 is 23.9 Å². The van der Waals surface area contributed by atoms with E-state index in [-0.39, 0.29) is 11.5 Å². The van der Waals surface area contributed by atoms with Crippen molar-refractivity contribution in [3.8, 4) is 0 Å². The molecule has 1 aliphatic rings. The third-order valence-electron chi connectivity index (χ3n) is 4.41. The van der Waals surface area contributed by atoms with Gasteiger partial charge in [0.2, 0.25) is 5.91 Å². The normalized spacial score (nSPS) is 14.5. The van der Waals surface area contributed by atoms with Crippen LogP contribution in [0, 0.1) is 12.8 Å². The molecular formula is C17H23NO5S. The van der Waals surface area contributed by atoms with E-state index in [1.807, 2.05) is 0 Å². The Morgan fingerprint density at radius 3 is 2.33 bits per heavy atom. The summed E-state index contributed by atoms with van der Waals surface area (Å²) < 4.78 is 9.50. The van der Waals surface area contributed by atoms with Crippen LogP contribution in [0.1, 0.15) is 64.1 Å². The minimum atomic E-state index is -0.579. The fourth-order valence-electron chi connectivity index (χ4n) is 3.06. The molecule has 132 valence electrons. The SMILES string of the molecule is COC(=O)c1sc(NC(=O)CCC2CCCC2)c(C(=O)OC)c1C. The molecule has 0 aromatic carbocycles. The zero-order valence-corrected chi connectivity index (χ0v) is 15.1. The number of amides is 1.